The minimum absolute atomic E-state index is 0.0545. The zero-order valence-corrected chi connectivity index (χ0v) is 12.5. The lowest BCUT2D eigenvalue weighted by atomic mass is 9.57. The Balaban J connectivity index is 1.82. The SMILES string of the molecule is OC(c1cc(Cl)c(F)c2cn[nH]c12)C12CCC(CC1)CC2. The van der Waals surface area contributed by atoms with Crippen molar-refractivity contribution in [3.05, 3.63) is 28.7 Å². The molecule has 1 aromatic carbocycles. The number of halogens is 2. The first-order chi connectivity index (χ1) is 10.1. The van der Waals surface area contributed by atoms with Gasteiger partial charge in [0.25, 0.3) is 0 Å². The Bertz CT molecular complexity index is 677. The lowest BCUT2D eigenvalue weighted by Gasteiger charge is -2.49. The van der Waals surface area contributed by atoms with E-state index in [4.69, 9.17) is 11.6 Å². The Hall–Kier alpha value is -1.13. The van der Waals surface area contributed by atoms with Crippen LogP contribution in [0.5, 0.6) is 0 Å². The molecular weight excluding hydrogens is 291 g/mol. The molecule has 1 heterocycles. The molecule has 1 atom stereocenters. The highest BCUT2D eigenvalue weighted by Crippen LogP contribution is 2.57. The van der Waals surface area contributed by atoms with E-state index in [2.05, 4.69) is 10.2 Å². The summed E-state index contributed by atoms with van der Waals surface area (Å²) in [6.45, 7) is 0. The number of aromatic amines is 1. The van der Waals surface area contributed by atoms with Crippen molar-refractivity contribution < 1.29 is 9.50 Å². The molecular formula is C16H18ClFN2O. The molecule has 1 aromatic heterocycles. The average molecular weight is 309 g/mol. The molecule has 3 aliphatic rings. The highest BCUT2D eigenvalue weighted by molar-refractivity contribution is 6.31. The van der Waals surface area contributed by atoms with Crippen molar-refractivity contribution in [1.82, 2.24) is 10.2 Å². The van der Waals surface area contributed by atoms with Gasteiger partial charge in [-0.2, -0.15) is 5.10 Å². The van der Waals surface area contributed by atoms with Gasteiger partial charge in [0.15, 0.2) is 5.82 Å². The molecule has 21 heavy (non-hydrogen) atoms. The van der Waals surface area contributed by atoms with Crippen molar-refractivity contribution in [2.45, 2.75) is 44.6 Å². The van der Waals surface area contributed by atoms with Crippen molar-refractivity contribution in [3.63, 3.8) is 0 Å². The Morgan fingerprint density at radius 1 is 1.33 bits per heavy atom. The lowest BCUT2D eigenvalue weighted by Crippen LogP contribution is -2.39. The van der Waals surface area contributed by atoms with Crippen LogP contribution in [0.4, 0.5) is 4.39 Å². The van der Waals surface area contributed by atoms with E-state index in [0.717, 1.165) is 25.2 Å². The van der Waals surface area contributed by atoms with Crippen molar-refractivity contribution >= 4 is 22.5 Å². The van der Waals surface area contributed by atoms with Gasteiger partial charge in [-0.25, -0.2) is 4.39 Å². The van der Waals surface area contributed by atoms with Crippen molar-refractivity contribution in [3.8, 4) is 0 Å². The number of aliphatic hydroxyl groups is 1. The van der Waals surface area contributed by atoms with E-state index in [1.165, 1.54) is 25.5 Å². The summed E-state index contributed by atoms with van der Waals surface area (Å²) in [6, 6.07) is 1.57. The maximum Gasteiger partial charge on any atom is 0.152 e. The van der Waals surface area contributed by atoms with E-state index in [0.29, 0.717) is 16.5 Å². The van der Waals surface area contributed by atoms with Crippen LogP contribution in [0.25, 0.3) is 10.9 Å². The maximum absolute atomic E-state index is 14.0. The number of rotatable bonds is 2. The number of aliphatic hydroxyl groups excluding tert-OH is 1. The highest BCUT2D eigenvalue weighted by Gasteiger charge is 2.46. The highest BCUT2D eigenvalue weighted by atomic mass is 35.5. The molecule has 1 unspecified atom stereocenters. The zero-order valence-electron chi connectivity index (χ0n) is 11.7. The van der Waals surface area contributed by atoms with Gasteiger partial charge in [0.1, 0.15) is 0 Å². The van der Waals surface area contributed by atoms with E-state index in [9.17, 15) is 9.50 Å². The Labute approximate surface area is 127 Å². The largest absolute Gasteiger partial charge is 0.388 e. The fourth-order valence-corrected chi connectivity index (χ4v) is 4.53. The van der Waals surface area contributed by atoms with Crippen LogP contribution >= 0.6 is 11.6 Å². The predicted octanol–water partition coefficient (Wildman–Crippen LogP) is 4.36. The van der Waals surface area contributed by atoms with Gasteiger partial charge >= 0.3 is 0 Å². The molecule has 2 N–H and O–H groups in total. The molecule has 5 rings (SSSR count). The first-order valence-electron chi connectivity index (χ1n) is 7.60. The van der Waals surface area contributed by atoms with Crippen LogP contribution < -0.4 is 0 Å². The van der Waals surface area contributed by atoms with Crippen molar-refractivity contribution in [2.24, 2.45) is 11.3 Å². The molecule has 3 aliphatic carbocycles. The molecule has 0 aliphatic heterocycles. The van der Waals surface area contributed by atoms with Crippen LogP contribution in [0.1, 0.15) is 50.2 Å². The van der Waals surface area contributed by atoms with Gasteiger partial charge < -0.3 is 5.11 Å². The quantitative estimate of drug-likeness (QED) is 0.866. The van der Waals surface area contributed by atoms with Crippen LogP contribution in [0.3, 0.4) is 0 Å². The summed E-state index contributed by atoms with van der Waals surface area (Å²) in [7, 11) is 0. The second-order valence-corrected chi connectivity index (χ2v) is 7.07. The molecule has 3 nitrogen and oxygen atoms in total. The third kappa shape index (κ3) is 1.92. The lowest BCUT2D eigenvalue weighted by molar-refractivity contribution is -0.0551. The van der Waals surface area contributed by atoms with E-state index < -0.39 is 11.9 Å². The van der Waals surface area contributed by atoms with E-state index in [1.807, 2.05) is 0 Å². The molecule has 3 fully saturated rings. The molecule has 112 valence electrons. The molecule has 0 spiro atoms. The van der Waals surface area contributed by atoms with Crippen LogP contribution in [0, 0.1) is 17.2 Å². The smallest absolute Gasteiger partial charge is 0.152 e. The average Bonchev–Trinajstić information content (AvgIpc) is 3.02. The Morgan fingerprint density at radius 2 is 2.00 bits per heavy atom. The van der Waals surface area contributed by atoms with Gasteiger partial charge in [0, 0.05) is 11.0 Å². The van der Waals surface area contributed by atoms with Crippen molar-refractivity contribution in [1.29, 1.82) is 0 Å². The van der Waals surface area contributed by atoms with E-state index in [-0.39, 0.29) is 10.4 Å². The molecule has 2 bridgehead atoms. The zero-order chi connectivity index (χ0) is 14.6. The second-order valence-electron chi connectivity index (χ2n) is 6.67. The molecule has 5 heteroatoms. The summed E-state index contributed by atoms with van der Waals surface area (Å²) in [6.07, 6.45) is 7.53. The number of fused-ring (bicyclic) bond motifs is 4. The summed E-state index contributed by atoms with van der Waals surface area (Å²) in [4.78, 5) is 0. The number of H-pyrrole nitrogens is 1. The number of hydrogen-bond donors (Lipinski definition) is 2. The molecule has 3 saturated carbocycles. The van der Waals surface area contributed by atoms with Crippen LogP contribution in [0.2, 0.25) is 5.02 Å². The van der Waals surface area contributed by atoms with Gasteiger partial charge in [-0.3, -0.25) is 5.10 Å². The van der Waals surface area contributed by atoms with Gasteiger partial charge in [-0.1, -0.05) is 11.6 Å². The standard InChI is InChI=1S/C16H18ClFN2O/c17-12-7-10(14-11(13(12)18)8-19-20-14)15(21)16-4-1-9(2-5-16)3-6-16/h7-9,15,21H,1-6H2,(H,19,20). The molecule has 0 amide bonds. The van der Waals surface area contributed by atoms with E-state index >= 15 is 0 Å². The first kappa shape index (κ1) is 13.5. The maximum atomic E-state index is 14.0. The topological polar surface area (TPSA) is 48.9 Å². The molecule has 0 radical (unpaired) electrons. The summed E-state index contributed by atoms with van der Waals surface area (Å²) < 4.78 is 14.0. The van der Waals surface area contributed by atoms with Crippen LogP contribution in [-0.4, -0.2) is 15.3 Å². The van der Waals surface area contributed by atoms with Crippen molar-refractivity contribution in [2.75, 3.05) is 0 Å². The molecule has 0 saturated heterocycles. The first-order valence-corrected chi connectivity index (χ1v) is 7.97. The van der Waals surface area contributed by atoms with Crippen LogP contribution in [0.15, 0.2) is 12.3 Å². The summed E-state index contributed by atoms with van der Waals surface area (Å²) >= 11 is 6.00. The Kier molecular flexibility index (Phi) is 3.02. The third-order valence-electron chi connectivity index (χ3n) is 5.68. The monoisotopic (exact) mass is 308 g/mol. The number of nitrogens with zero attached hydrogens (tertiary/aromatic N) is 1. The predicted molar refractivity (Wildman–Crippen MR) is 79.6 cm³/mol. The van der Waals surface area contributed by atoms with Gasteiger partial charge in [0.2, 0.25) is 0 Å². The fraction of sp³-hybridized carbons (Fsp3) is 0.562. The number of benzene rings is 1. The summed E-state index contributed by atoms with van der Waals surface area (Å²) in [5, 5.41) is 18.2. The number of nitrogens with one attached hydrogen (secondary N) is 1. The van der Waals surface area contributed by atoms with Gasteiger partial charge in [-0.15, -0.1) is 0 Å². The Morgan fingerprint density at radius 3 is 2.67 bits per heavy atom. The van der Waals surface area contributed by atoms with Gasteiger partial charge in [0.05, 0.1) is 28.2 Å². The third-order valence-corrected chi connectivity index (χ3v) is 5.96. The van der Waals surface area contributed by atoms with E-state index in [1.54, 1.807) is 6.07 Å². The molecule has 2 aromatic rings. The summed E-state index contributed by atoms with van der Waals surface area (Å²) in [5.41, 5.74) is 1.19. The minimum Gasteiger partial charge on any atom is -0.388 e. The fourth-order valence-electron chi connectivity index (χ4n) is 4.31. The minimum atomic E-state index is -0.611. The van der Waals surface area contributed by atoms with Crippen LogP contribution in [-0.2, 0) is 0 Å². The van der Waals surface area contributed by atoms with Gasteiger partial charge in [-0.05, 0) is 50.5 Å². The second kappa shape index (κ2) is 4.68. The summed E-state index contributed by atoms with van der Waals surface area (Å²) in [5.74, 6) is 0.365. The normalized spacial score (nSPS) is 30.0. The number of hydrogen-bond acceptors (Lipinski definition) is 2. The number of aromatic nitrogens is 2.